The van der Waals surface area contributed by atoms with Crippen molar-refractivity contribution in [2.45, 2.75) is 32.9 Å². The molecule has 3 aromatic carbocycles. The van der Waals surface area contributed by atoms with Gasteiger partial charge in [-0.2, -0.15) is 0 Å². The zero-order chi connectivity index (χ0) is 21.5. The summed E-state index contributed by atoms with van der Waals surface area (Å²) in [5.41, 5.74) is 10.1. The first-order valence-electron chi connectivity index (χ1n) is 10.9. The van der Waals surface area contributed by atoms with Crippen LogP contribution in [0.15, 0.2) is 78.9 Å². The Bertz CT molecular complexity index is 1100. The standard InChI is InChI=1S/C26H29N3O2/c1-21-13-15-23(16-14-21)31-20-8-18-29-25-12-6-5-11-24(25)28(26(29)27)17-7-19-30-22-9-3-2-4-10-22/h2-6,9-16,27H,7-8,17-20H2,1H3/p+1. The molecule has 0 aliphatic heterocycles. The largest absolute Gasteiger partial charge is 0.493 e. The van der Waals surface area contributed by atoms with Crippen molar-refractivity contribution in [1.29, 1.82) is 0 Å². The highest BCUT2D eigenvalue weighted by Gasteiger charge is 2.20. The fraction of sp³-hybridized carbons (Fsp3) is 0.269. The maximum absolute atomic E-state index is 6.56. The highest BCUT2D eigenvalue weighted by Crippen LogP contribution is 2.18. The molecule has 4 rings (SSSR count). The third kappa shape index (κ3) is 5.18. The fourth-order valence-electron chi connectivity index (χ4n) is 3.76. The average molecular weight is 417 g/mol. The highest BCUT2D eigenvalue weighted by molar-refractivity contribution is 5.73. The summed E-state index contributed by atoms with van der Waals surface area (Å²) in [5.74, 6) is 2.58. The van der Waals surface area contributed by atoms with E-state index in [9.17, 15) is 0 Å². The Kier molecular flexibility index (Phi) is 6.72. The smallest absolute Gasteiger partial charge is 0.356 e. The summed E-state index contributed by atoms with van der Waals surface area (Å²) >= 11 is 0. The van der Waals surface area contributed by atoms with Gasteiger partial charge in [-0.3, -0.25) is 5.73 Å². The summed E-state index contributed by atoms with van der Waals surface area (Å²) in [4.78, 5) is 0. The summed E-state index contributed by atoms with van der Waals surface area (Å²) in [6, 6.07) is 26.5. The molecule has 0 aliphatic carbocycles. The van der Waals surface area contributed by atoms with Gasteiger partial charge in [0.25, 0.3) is 0 Å². The van der Waals surface area contributed by atoms with Crippen LogP contribution in [0.4, 0.5) is 5.95 Å². The molecule has 0 radical (unpaired) electrons. The summed E-state index contributed by atoms with van der Waals surface area (Å²) < 4.78 is 16.1. The van der Waals surface area contributed by atoms with E-state index in [1.54, 1.807) is 0 Å². The molecule has 2 N–H and O–H groups in total. The number of nitrogens with two attached hydrogens (primary N) is 1. The minimum absolute atomic E-state index is 0.653. The van der Waals surface area contributed by atoms with E-state index in [0.29, 0.717) is 13.2 Å². The van der Waals surface area contributed by atoms with E-state index < -0.39 is 0 Å². The number of fused-ring (bicyclic) bond motifs is 1. The molecule has 0 fully saturated rings. The average Bonchev–Trinajstić information content (AvgIpc) is 3.07. The van der Waals surface area contributed by atoms with E-state index in [4.69, 9.17) is 15.2 Å². The number of hydrogen-bond donors (Lipinski definition) is 1. The molecule has 0 spiro atoms. The van der Waals surface area contributed by atoms with Crippen molar-refractivity contribution in [2.24, 2.45) is 0 Å². The van der Waals surface area contributed by atoms with Gasteiger partial charge in [0.2, 0.25) is 0 Å². The topological polar surface area (TPSA) is 53.3 Å². The van der Waals surface area contributed by atoms with E-state index in [2.05, 4.69) is 52.5 Å². The lowest BCUT2D eigenvalue weighted by Gasteiger charge is -2.07. The molecule has 1 aromatic heterocycles. The van der Waals surface area contributed by atoms with Crippen molar-refractivity contribution >= 4 is 17.0 Å². The second-order valence-corrected chi connectivity index (χ2v) is 7.68. The number of imidazole rings is 1. The van der Waals surface area contributed by atoms with Gasteiger partial charge in [-0.1, -0.05) is 48.0 Å². The number of nitrogens with zero attached hydrogens (tertiary/aromatic N) is 2. The van der Waals surface area contributed by atoms with E-state index in [0.717, 1.165) is 54.4 Å². The number of ether oxygens (including phenoxy) is 2. The van der Waals surface area contributed by atoms with Gasteiger partial charge in [-0.25, -0.2) is 9.13 Å². The zero-order valence-electron chi connectivity index (χ0n) is 18.0. The first-order valence-corrected chi connectivity index (χ1v) is 10.9. The maximum Gasteiger partial charge on any atom is 0.356 e. The van der Waals surface area contributed by atoms with E-state index in [1.165, 1.54) is 5.56 Å². The minimum Gasteiger partial charge on any atom is -0.493 e. The SMILES string of the molecule is Cc1ccc(OCCC[n+]2c(N)n(CCCOc3ccccc3)c3ccccc32)cc1. The van der Waals surface area contributed by atoms with Crippen molar-refractivity contribution in [3.63, 3.8) is 0 Å². The van der Waals surface area contributed by atoms with Crippen LogP contribution in [0.25, 0.3) is 11.0 Å². The number of anilines is 1. The zero-order valence-corrected chi connectivity index (χ0v) is 18.0. The second kappa shape index (κ2) is 10.0. The Morgan fingerprint density at radius 3 is 2.19 bits per heavy atom. The third-order valence-electron chi connectivity index (χ3n) is 5.37. The Balaban J connectivity index is 1.37. The van der Waals surface area contributed by atoms with Gasteiger partial charge in [0.1, 0.15) is 22.5 Å². The lowest BCUT2D eigenvalue weighted by molar-refractivity contribution is -0.657. The normalized spacial score (nSPS) is 11.0. The highest BCUT2D eigenvalue weighted by atomic mass is 16.5. The van der Waals surface area contributed by atoms with Crippen molar-refractivity contribution in [1.82, 2.24) is 4.57 Å². The van der Waals surface area contributed by atoms with E-state index >= 15 is 0 Å². The van der Waals surface area contributed by atoms with Crippen LogP contribution in [0, 0.1) is 6.92 Å². The quantitative estimate of drug-likeness (QED) is 0.300. The molecule has 0 saturated carbocycles. The van der Waals surface area contributed by atoms with E-state index in [1.807, 2.05) is 42.5 Å². The Morgan fingerprint density at radius 2 is 1.42 bits per heavy atom. The molecule has 0 amide bonds. The van der Waals surface area contributed by atoms with Crippen molar-refractivity contribution in [3.05, 3.63) is 84.4 Å². The number of aryl methyl sites for hydroxylation is 3. The molecular formula is C26H30N3O2+. The van der Waals surface area contributed by atoms with Crippen molar-refractivity contribution in [3.8, 4) is 11.5 Å². The number of para-hydroxylation sites is 3. The van der Waals surface area contributed by atoms with Crippen LogP contribution in [0.3, 0.4) is 0 Å². The van der Waals surface area contributed by atoms with Gasteiger partial charge in [0, 0.05) is 12.8 Å². The van der Waals surface area contributed by atoms with Gasteiger partial charge >= 0.3 is 5.95 Å². The molecular weight excluding hydrogens is 386 g/mol. The Labute approximate surface area is 183 Å². The minimum atomic E-state index is 0.653. The van der Waals surface area contributed by atoms with Crippen LogP contribution in [0.2, 0.25) is 0 Å². The molecule has 0 aliphatic rings. The first kappa shape index (κ1) is 20.8. The molecule has 0 bridgehead atoms. The summed E-state index contributed by atoms with van der Waals surface area (Å²) in [5, 5.41) is 0. The fourth-order valence-corrected chi connectivity index (χ4v) is 3.76. The van der Waals surface area contributed by atoms with Gasteiger partial charge < -0.3 is 9.47 Å². The maximum atomic E-state index is 6.56. The number of hydrogen-bond acceptors (Lipinski definition) is 3. The molecule has 4 aromatic rings. The molecule has 160 valence electrons. The van der Waals surface area contributed by atoms with Gasteiger partial charge in [-0.15, -0.1) is 0 Å². The van der Waals surface area contributed by atoms with Crippen LogP contribution in [-0.4, -0.2) is 17.8 Å². The lowest BCUT2D eigenvalue weighted by Crippen LogP contribution is -2.37. The van der Waals surface area contributed by atoms with Gasteiger partial charge in [0.05, 0.1) is 26.3 Å². The predicted octanol–water partition coefficient (Wildman–Crippen LogP) is 4.76. The summed E-state index contributed by atoms with van der Waals surface area (Å²) in [6.07, 6.45) is 1.77. The van der Waals surface area contributed by atoms with Crippen LogP contribution in [-0.2, 0) is 13.1 Å². The number of benzene rings is 3. The number of aromatic nitrogens is 2. The molecule has 0 atom stereocenters. The summed E-state index contributed by atoms with van der Waals surface area (Å²) in [6.45, 7) is 5.00. The molecule has 0 unspecified atom stereocenters. The van der Waals surface area contributed by atoms with Gasteiger partial charge in [-0.05, 0) is 43.3 Å². The van der Waals surface area contributed by atoms with Gasteiger partial charge in [0.15, 0.2) is 0 Å². The monoisotopic (exact) mass is 416 g/mol. The first-order chi connectivity index (χ1) is 15.2. The Morgan fingerprint density at radius 1 is 0.774 bits per heavy atom. The lowest BCUT2D eigenvalue weighted by atomic mass is 10.2. The van der Waals surface area contributed by atoms with Crippen LogP contribution < -0.4 is 19.8 Å². The molecule has 5 nitrogen and oxygen atoms in total. The molecule has 31 heavy (non-hydrogen) atoms. The second-order valence-electron chi connectivity index (χ2n) is 7.68. The van der Waals surface area contributed by atoms with Crippen LogP contribution >= 0.6 is 0 Å². The van der Waals surface area contributed by atoms with Crippen LogP contribution in [0.1, 0.15) is 18.4 Å². The third-order valence-corrected chi connectivity index (χ3v) is 5.37. The summed E-state index contributed by atoms with van der Waals surface area (Å²) in [7, 11) is 0. The predicted molar refractivity (Wildman–Crippen MR) is 124 cm³/mol. The molecule has 5 heteroatoms. The molecule has 1 heterocycles. The number of nitrogen functional groups attached to an aromatic ring is 1. The van der Waals surface area contributed by atoms with E-state index in [-0.39, 0.29) is 0 Å². The molecule has 0 saturated heterocycles. The van der Waals surface area contributed by atoms with Crippen molar-refractivity contribution < 1.29 is 14.0 Å². The number of rotatable bonds is 10. The Hall–Kier alpha value is -3.47. The van der Waals surface area contributed by atoms with Crippen molar-refractivity contribution in [2.75, 3.05) is 18.9 Å². The van der Waals surface area contributed by atoms with Crippen LogP contribution in [0.5, 0.6) is 11.5 Å².